The summed E-state index contributed by atoms with van der Waals surface area (Å²) in [6.07, 6.45) is 5.89. The Morgan fingerprint density at radius 1 is 1.53 bits per heavy atom. The van der Waals surface area contributed by atoms with Crippen molar-refractivity contribution in [2.24, 2.45) is 5.92 Å². The zero-order valence-electron chi connectivity index (χ0n) is 9.74. The highest BCUT2D eigenvalue weighted by atomic mass is 15.3. The minimum absolute atomic E-state index is 0.677. The summed E-state index contributed by atoms with van der Waals surface area (Å²) >= 11 is 0. The van der Waals surface area contributed by atoms with E-state index in [0.717, 1.165) is 13.1 Å². The molecule has 1 heterocycles. The molecule has 3 heteroatoms. The normalized spacial score (nSPS) is 17.0. The highest BCUT2D eigenvalue weighted by Crippen LogP contribution is 2.31. The van der Waals surface area contributed by atoms with Crippen molar-refractivity contribution < 1.29 is 0 Å². The molecule has 1 aliphatic rings. The van der Waals surface area contributed by atoms with E-state index in [1.54, 1.807) is 0 Å². The molecule has 1 fully saturated rings. The van der Waals surface area contributed by atoms with E-state index in [-0.39, 0.29) is 0 Å². The van der Waals surface area contributed by atoms with Crippen LogP contribution in [0.5, 0.6) is 0 Å². The van der Waals surface area contributed by atoms with Gasteiger partial charge in [-0.05, 0) is 37.8 Å². The van der Waals surface area contributed by atoms with E-state index in [9.17, 15) is 0 Å². The molecule has 0 aliphatic heterocycles. The molecule has 0 unspecified atom stereocenters. The van der Waals surface area contributed by atoms with Crippen LogP contribution in [-0.2, 0) is 6.54 Å². The van der Waals surface area contributed by atoms with Gasteiger partial charge >= 0.3 is 0 Å². The lowest BCUT2D eigenvalue weighted by Gasteiger charge is -2.27. The molecule has 0 saturated heterocycles. The number of nitrogens with zero attached hydrogens (tertiary/aromatic N) is 2. The topological polar surface area (TPSA) is 29.9 Å². The van der Waals surface area contributed by atoms with E-state index in [0.29, 0.717) is 12.0 Å². The molecule has 0 amide bonds. The standard InChI is InChI=1S/C12H21N3/c1-10(2)8-13-9-12-6-7-14-15(12)11-4-3-5-11/h6-7,10-11,13H,3-5,8-9H2,1-2H3. The zero-order valence-corrected chi connectivity index (χ0v) is 9.74. The Balaban J connectivity index is 1.87. The monoisotopic (exact) mass is 207 g/mol. The van der Waals surface area contributed by atoms with Gasteiger partial charge in [-0.3, -0.25) is 4.68 Å². The molecule has 1 aromatic heterocycles. The minimum Gasteiger partial charge on any atom is -0.311 e. The zero-order chi connectivity index (χ0) is 10.7. The maximum atomic E-state index is 4.41. The van der Waals surface area contributed by atoms with E-state index >= 15 is 0 Å². The van der Waals surface area contributed by atoms with Gasteiger partial charge in [-0.15, -0.1) is 0 Å². The second-order valence-electron chi connectivity index (χ2n) is 4.88. The van der Waals surface area contributed by atoms with Crippen molar-refractivity contribution in [3.8, 4) is 0 Å². The molecule has 0 spiro atoms. The first kappa shape index (κ1) is 10.7. The fourth-order valence-corrected chi connectivity index (χ4v) is 1.93. The van der Waals surface area contributed by atoms with Gasteiger partial charge in [0.1, 0.15) is 0 Å². The summed E-state index contributed by atoms with van der Waals surface area (Å²) in [6.45, 7) is 6.50. The lowest BCUT2D eigenvalue weighted by Crippen LogP contribution is -2.25. The van der Waals surface area contributed by atoms with Gasteiger partial charge in [0.15, 0.2) is 0 Å². The summed E-state index contributed by atoms with van der Waals surface area (Å²) < 4.78 is 2.21. The van der Waals surface area contributed by atoms with Crippen molar-refractivity contribution in [2.45, 2.75) is 45.7 Å². The second kappa shape index (κ2) is 4.79. The summed E-state index contributed by atoms with van der Waals surface area (Å²) in [5.41, 5.74) is 1.33. The van der Waals surface area contributed by atoms with Crippen LogP contribution in [0.25, 0.3) is 0 Å². The van der Waals surface area contributed by atoms with Crippen LogP contribution in [0.1, 0.15) is 44.8 Å². The molecule has 1 aliphatic carbocycles. The Hall–Kier alpha value is -0.830. The van der Waals surface area contributed by atoms with Gasteiger partial charge in [0.2, 0.25) is 0 Å². The molecule has 3 nitrogen and oxygen atoms in total. The lowest BCUT2D eigenvalue weighted by molar-refractivity contribution is 0.280. The maximum Gasteiger partial charge on any atom is 0.0525 e. The van der Waals surface area contributed by atoms with E-state index in [1.807, 2.05) is 6.20 Å². The molecule has 15 heavy (non-hydrogen) atoms. The van der Waals surface area contributed by atoms with Gasteiger partial charge in [-0.2, -0.15) is 5.10 Å². The quantitative estimate of drug-likeness (QED) is 0.803. The molecule has 0 bridgehead atoms. The predicted molar refractivity (Wildman–Crippen MR) is 61.7 cm³/mol. The van der Waals surface area contributed by atoms with Gasteiger partial charge in [-0.1, -0.05) is 13.8 Å². The Labute approximate surface area is 91.9 Å². The van der Waals surface area contributed by atoms with E-state index in [2.05, 4.69) is 35.0 Å². The van der Waals surface area contributed by atoms with Crippen LogP contribution < -0.4 is 5.32 Å². The Morgan fingerprint density at radius 2 is 2.33 bits per heavy atom. The van der Waals surface area contributed by atoms with Gasteiger partial charge in [0, 0.05) is 12.7 Å². The van der Waals surface area contributed by atoms with Crippen LogP contribution in [0.2, 0.25) is 0 Å². The van der Waals surface area contributed by atoms with Crippen molar-refractivity contribution in [2.75, 3.05) is 6.54 Å². The van der Waals surface area contributed by atoms with Crippen LogP contribution in [0.3, 0.4) is 0 Å². The molecule has 0 atom stereocenters. The Bertz CT molecular complexity index is 300. The van der Waals surface area contributed by atoms with Crippen LogP contribution in [0.4, 0.5) is 0 Å². The van der Waals surface area contributed by atoms with E-state index in [4.69, 9.17) is 0 Å². The third kappa shape index (κ3) is 2.59. The predicted octanol–water partition coefficient (Wildman–Crippen LogP) is 2.35. The number of nitrogens with one attached hydrogen (secondary N) is 1. The Morgan fingerprint density at radius 3 is 2.93 bits per heavy atom. The first-order valence-electron chi connectivity index (χ1n) is 6.00. The molecule has 1 N–H and O–H groups in total. The van der Waals surface area contributed by atoms with Crippen LogP contribution >= 0.6 is 0 Å². The minimum atomic E-state index is 0.677. The lowest BCUT2D eigenvalue weighted by atomic mass is 9.93. The molecular weight excluding hydrogens is 186 g/mol. The number of hydrogen-bond acceptors (Lipinski definition) is 2. The van der Waals surface area contributed by atoms with Crippen LogP contribution in [0, 0.1) is 5.92 Å². The van der Waals surface area contributed by atoms with Crippen LogP contribution in [-0.4, -0.2) is 16.3 Å². The SMILES string of the molecule is CC(C)CNCc1ccnn1C1CCC1. The van der Waals surface area contributed by atoms with E-state index < -0.39 is 0 Å². The molecule has 84 valence electrons. The van der Waals surface area contributed by atoms with Crippen molar-refractivity contribution in [3.63, 3.8) is 0 Å². The highest BCUT2D eigenvalue weighted by molar-refractivity contribution is 5.02. The maximum absolute atomic E-state index is 4.41. The fraction of sp³-hybridized carbons (Fsp3) is 0.750. The van der Waals surface area contributed by atoms with Crippen molar-refractivity contribution in [3.05, 3.63) is 18.0 Å². The van der Waals surface area contributed by atoms with E-state index in [1.165, 1.54) is 25.0 Å². The average Bonchev–Trinajstić information content (AvgIpc) is 2.50. The smallest absolute Gasteiger partial charge is 0.0525 e. The number of rotatable bonds is 5. The van der Waals surface area contributed by atoms with Crippen molar-refractivity contribution in [1.82, 2.24) is 15.1 Å². The van der Waals surface area contributed by atoms with Gasteiger partial charge in [0.25, 0.3) is 0 Å². The summed E-state index contributed by atoms with van der Waals surface area (Å²) in [5, 5.41) is 7.88. The number of aromatic nitrogens is 2. The summed E-state index contributed by atoms with van der Waals surface area (Å²) in [4.78, 5) is 0. The average molecular weight is 207 g/mol. The number of hydrogen-bond donors (Lipinski definition) is 1. The molecule has 1 saturated carbocycles. The fourth-order valence-electron chi connectivity index (χ4n) is 1.93. The molecule has 0 aromatic carbocycles. The van der Waals surface area contributed by atoms with Crippen LogP contribution in [0.15, 0.2) is 12.3 Å². The van der Waals surface area contributed by atoms with Crippen molar-refractivity contribution >= 4 is 0 Å². The molecule has 0 radical (unpaired) electrons. The highest BCUT2D eigenvalue weighted by Gasteiger charge is 2.21. The summed E-state index contributed by atoms with van der Waals surface area (Å²) in [7, 11) is 0. The first-order chi connectivity index (χ1) is 7.27. The molecular formula is C12H21N3. The molecule has 2 rings (SSSR count). The molecule has 1 aromatic rings. The van der Waals surface area contributed by atoms with Gasteiger partial charge in [-0.25, -0.2) is 0 Å². The third-order valence-electron chi connectivity index (χ3n) is 3.03. The Kier molecular flexibility index (Phi) is 3.41. The van der Waals surface area contributed by atoms with Gasteiger partial charge < -0.3 is 5.32 Å². The van der Waals surface area contributed by atoms with Gasteiger partial charge in [0.05, 0.1) is 11.7 Å². The first-order valence-corrected chi connectivity index (χ1v) is 6.00. The second-order valence-corrected chi connectivity index (χ2v) is 4.88. The largest absolute Gasteiger partial charge is 0.311 e. The summed E-state index contributed by atoms with van der Waals surface area (Å²) in [5.74, 6) is 0.713. The third-order valence-corrected chi connectivity index (χ3v) is 3.03. The van der Waals surface area contributed by atoms with Crippen molar-refractivity contribution in [1.29, 1.82) is 0 Å². The summed E-state index contributed by atoms with van der Waals surface area (Å²) in [6, 6.07) is 2.81.